The molecule has 0 amide bonds. The second-order valence-electron chi connectivity index (χ2n) is 17.5. The van der Waals surface area contributed by atoms with Gasteiger partial charge in [0.15, 0.2) is 0 Å². The van der Waals surface area contributed by atoms with Gasteiger partial charge in [-0.2, -0.15) is 26.3 Å². The van der Waals surface area contributed by atoms with E-state index in [4.69, 9.17) is 14.1 Å². The Kier molecular flexibility index (Phi) is 13.4. The summed E-state index contributed by atoms with van der Waals surface area (Å²) in [6, 6.07) is 24.7. The van der Waals surface area contributed by atoms with E-state index in [-0.39, 0.29) is 59.9 Å². The molecule has 1 fully saturated rings. The molecule has 1 aliphatic rings. The number of rotatable bonds is 13. The van der Waals surface area contributed by atoms with E-state index in [0.29, 0.717) is 27.9 Å². The third-order valence-corrected chi connectivity index (χ3v) is 16.9. The number of fused-ring (bicyclic) bond motifs is 1. The molecular weight excluding hydrogens is 869 g/mol. The highest BCUT2D eigenvalue weighted by Crippen LogP contribution is 2.45. The lowest BCUT2D eigenvalue weighted by Gasteiger charge is -2.44. The maximum absolute atomic E-state index is 15.5. The summed E-state index contributed by atoms with van der Waals surface area (Å²) < 4.78 is 114. The Hall–Kier alpha value is -3.76. The summed E-state index contributed by atoms with van der Waals surface area (Å²) in [5, 5.41) is 2.27. The maximum Gasteiger partial charge on any atom is 0.406 e. The van der Waals surface area contributed by atoms with Gasteiger partial charge in [0.05, 0.1) is 45.9 Å². The first-order valence-electron chi connectivity index (χ1n) is 19.9. The summed E-state index contributed by atoms with van der Waals surface area (Å²) in [7, 11) is -1.55. The lowest BCUT2D eigenvalue weighted by molar-refractivity contribution is -0.146. The number of ether oxygens (including phenoxy) is 1. The van der Waals surface area contributed by atoms with Gasteiger partial charge in [-0.15, -0.1) is 0 Å². The quantitative estimate of drug-likeness (QED) is 0.0870. The predicted molar refractivity (Wildman–Crippen MR) is 230 cm³/mol. The minimum atomic E-state index is -4.70. The van der Waals surface area contributed by atoms with Gasteiger partial charge >= 0.3 is 12.4 Å². The van der Waals surface area contributed by atoms with Gasteiger partial charge in [0.25, 0.3) is 8.32 Å². The van der Waals surface area contributed by atoms with E-state index < -0.39 is 51.1 Å². The molecule has 0 saturated carbocycles. The zero-order valence-corrected chi connectivity index (χ0v) is 37.5. The highest BCUT2D eigenvalue weighted by molar-refractivity contribution is 9.10. The van der Waals surface area contributed by atoms with Crippen LogP contribution in [0.5, 0.6) is 0 Å². The molecule has 6 nitrogen and oxygen atoms in total. The Labute approximate surface area is 356 Å². The van der Waals surface area contributed by atoms with Crippen molar-refractivity contribution in [3.63, 3.8) is 0 Å². The number of halogens is 8. The van der Waals surface area contributed by atoms with Gasteiger partial charge in [-0.05, 0) is 73.9 Å². The topological polar surface area (TPSA) is 42.8 Å². The fourth-order valence-electron chi connectivity index (χ4n) is 8.52. The fraction of sp³-hybridized carbons (Fsp3) is 0.444. The van der Waals surface area contributed by atoms with Gasteiger partial charge in [0.1, 0.15) is 12.4 Å². The highest BCUT2D eigenvalue weighted by Gasteiger charge is 2.51. The van der Waals surface area contributed by atoms with Crippen LogP contribution in [-0.4, -0.2) is 81.6 Å². The van der Waals surface area contributed by atoms with Crippen molar-refractivity contribution in [3.8, 4) is 11.3 Å². The molecule has 0 bridgehead atoms. The zero-order valence-electron chi connectivity index (χ0n) is 34.9. The Morgan fingerprint density at radius 3 is 1.88 bits per heavy atom. The van der Waals surface area contributed by atoms with Gasteiger partial charge in [-0.3, -0.25) is 9.88 Å². The van der Waals surface area contributed by atoms with Crippen LogP contribution < -0.4 is 15.3 Å². The summed E-state index contributed by atoms with van der Waals surface area (Å²) >= 11 is 3.31. The molecule has 0 unspecified atom stereocenters. The minimum absolute atomic E-state index is 0.0592. The molecule has 324 valence electrons. The molecule has 5 aromatic rings. The Morgan fingerprint density at radius 2 is 1.37 bits per heavy atom. The molecular formula is C45H52BrF7N4O2Si. The van der Waals surface area contributed by atoms with E-state index >= 15 is 4.39 Å². The number of anilines is 1. The largest absolute Gasteiger partial charge is 0.407 e. The lowest BCUT2D eigenvalue weighted by Crippen LogP contribution is -2.67. The SMILES string of the molecule is CO[C@@H](C)c1ncc(N2CCN(CC(F)(F)F)CC2)cc1-c1c(CC(C)(C)CO[Si](c2ccccc2)(c2ccccc2)C(C)(C)C)c2cc(Br)c(F)cc2n1CC(F)(F)F. The van der Waals surface area contributed by atoms with Crippen molar-refractivity contribution in [2.45, 2.75) is 78.0 Å². The molecule has 15 heteroatoms. The molecule has 0 aliphatic carbocycles. The number of piperazine rings is 1. The predicted octanol–water partition coefficient (Wildman–Crippen LogP) is 10.7. The van der Waals surface area contributed by atoms with E-state index in [2.05, 4.69) is 61.0 Å². The van der Waals surface area contributed by atoms with Gasteiger partial charge < -0.3 is 18.6 Å². The minimum Gasteiger partial charge on any atom is -0.407 e. The van der Waals surface area contributed by atoms with Crippen LogP contribution >= 0.6 is 15.9 Å². The first kappa shape index (κ1) is 45.8. The van der Waals surface area contributed by atoms with Gasteiger partial charge in [-0.25, -0.2) is 4.39 Å². The normalized spacial score (nSPS) is 15.6. The second-order valence-corrected chi connectivity index (χ2v) is 22.6. The molecule has 1 aliphatic heterocycles. The van der Waals surface area contributed by atoms with Crippen molar-refractivity contribution in [1.29, 1.82) is 0 Å². The molecule has 3 aromatic carbocycles. The molecule has 6 rings (SSSR count). The molecule has 60 heavy (non-hydrogen) atoms. The summed E-state index contributed by atoms with van der Waals surface area (Å²) in [6.45, 7) is 10.9. The first-order chi connectivity index (χ1) is 28.0. The Balaban J connectivity index is 1.52. The number of aromatic nitrogens is 2. The van der Waals surface area contributed by atoms with Crippen molar-refractivity contribution in [3.05, 3.63) is 107 Å². The van der Waals surface area contributed by atoms with Crippen LogP contribution in [0.15, 0.2) is 89.5 Å². The van der Waals surface area contributed by atoms with Crippen molar-refractivity contribution in [2.75, 3.05) is 51.3 Å². The monoisotopic (exact) mass is 920 g/mol. The van der Waals surface area contributed by atoms with Crippen molar-refractivity contribution in [2.24, 2.45) is 5.41 Å². The van der Waals surface area contributed by atoms with Gasteiger partial charge in [-0.1, -0.05) is 95.3 Å². The van der Waals surface area contributed by atoms with Crippen LogP contribution in [0, 0.1) is 11.2 Å². The molecule has 0 N–H and O–H groups in total. The van der Waals surface area contributed by atoms with Crippen molar-refractivity contribution < 1.29 is 39.9 Å². The van der Waals surface area contributed by atoms with E-state index in [1.165, 1.54) is 18.1 Å². The summed E-state index contributed by atoms with van der Waals surface area (Å²) in [5.41, 5.74) is 1.38. The Morgan fingerprint density at radius 1 is 0.800 bits per heavy atom. The molecule has 1 atom stereocenters. The number of pyridine rings is 1. The summed E-state index contributed by atoms with van der Waals surface area (Å²) in [4.78, 5) is 7.98. The van der Waals surface area contributed by atoms with E-state index in [9.17, 15) is 26.3 Å². The molecule has 2 aromatic heterocycles. The third kappa shape index (κ3) is 9.96. The van der Waals surface area contributed by atoms with Crippen molar-refractivity contribution >= 4 is 51.2 Å². The second kappa shape index (κ2) is 17.5. The highest BCUT2D eigenvalue weighted by atomic mass is 79.9. The van der Waals surface area contributed by atoms with E-state index in [1.807, 2.05) is 55.1 Å². The summed E-state index contributed by atoms with van der Waals surface area (Å²) in [5.74, 6) is -0.718. The summed E-state index contributed by atoms with van der Waals surface area (Å²) in [6.07, 6.45) is -7.90. The van der Waals surface area contributed by atoms with E-state index in [0.717, 1.165) is 21.0 Å². The third-order valence-electron chi connectivity index (χ3n) is 11.3. The van der Waals surface area contributed by atoms with Gasteiger partial charge in [0.2, 0.25) is 0 Å². The molecule has 0 radical (unpaired) electrons. The standard InChI is InChI=1S/C45H52BrF7N4O2Si/c1-30(58-7)40-35(22-31(26-54-40)56-20-18-55(19-21-56)27-44(48,49)50)41-36(34-23-37(46)38(47)24-39(34)57(41)28-45(51,52)53)25-43(5,6)29-59-60(42(2,3)4,32-14-10-8-11-15-32)33-16-12-9-13-17-33/h8-17,22-24,26,30H,18-21,25,27-29H2,1-7H3/t30-/m0/s1. The van der Waals surface area contributed by atoms with Crippen molar-refractivity contribution in [1.82, 2.24) is 14.5 Å². The number of hydrogen-bond donors (Lipinski definition) is 0. The number of nitrogens with zero attached hydrogens (tertiary/aromatic N) is 4. The molecule has 0 spiro atoms. The molecule has 3 heterocycles. The fourth-order valence-corrected chi connectivity index (χ4v) is 13.6. The number of methoxy groups -OCH3 is 1. The average molecular weight is 922 g/mol. The number of hydrogen-bond acceptors (Lipinski definition) is 5. The van der Waals surface area contributed by atoms with Gasteiger partial charge in [0, 0.05) is 50.8 Å². The number of benzene rings is 3. The maximum atomic E-state index is 15.5. The van der Waals surface area contributed by atoms with Crippen LogP contribution in [0.25, 0.3) is 22.2 Å². The van der Waals surface area contributed by atoms with Crippen LogP contribution in [0.4, 0.5) is 36.4 Å². The molecule has 1 saturated heterocycles. The van der Waals surface area contributed by atoms with E-state index in [1.54, 1.807) is 19.2 Å². The number of alkyl halides is 6. The van der Waals surface area contributed by atoms with Crippen LogP contribution in [0.1, 0.15) is 58.9 Å². The average Bonchev–Trinajstić information content (AvgIpc) is 3.43. The Bertz CT molecular complexity index is 2210. The van der Waals surface area contributed by atoms with Crippen LogP contribution in [0.3, 0.4) is 0 Å². The van der Waals surface area contributed by atoms with Crippen LogP contribution in [0.2, 0.25) is 5.04 Å². The first-order valence-corrected chi connectivity index (χ1v) is 22.6. The lowest BCUT2D eigenvalue weighted by atomic mass is 9.84. The van der Waals surface area contributed by atoms with Crippen LogP contribution in [-0.2, 0) is 22.1 Å². The smallest absolute Gasteiger partial charge is 0.406 e. The zero-order chi connectivity index (χ0) is 43.8.